The minimum atomic E-state index is 0.222. The van der Waals surface area contributed by atoms with Crippen LogP contribution in [0.4, 0.5) is 28.4 Å². The number of allylic oxidation sites excluding steroid dienone is 2. The first-order valence-corrected chi connectivity index (χ1v) is 19.5. The quantitative estimate of drug-likeness (QED) is 0.158. The van der Waals surface area contributed by atoms with Crippen molar-refractivity contribution in [1.82, 2.24) is 0 Å². The van der Waals surface area contributed by atoms with Crippen molar-refractivity contribution < 1.29 is 0 Å². The van der Waals surface area contributed by atoms with E-state index in [-0.39, 0.29) is 6.04 Å². The molecule has 2 unspecified atom stereocenters. The van der Waals surface area contributed by atoms with Crippen LogP contribution in [0.2, 0.25) is 0 Å². The second kappa shape index (κ2) is 13.3. The number of hydrogen-bond donors (Lipinski definition) is 0. The van der Waals surface area contributed by atoms with E-state index in [1.807, 2.05) is 0 Å². The summed E-state index contributed by atoms with van der Waals surface area (Å²) >= 11 is 0. The summed E-state index contributed by atoms with van der Waals surface area (Å²) in [6, 6.07) is 71.4. The fraction of sp³-hybridized carbons (Fsp3) is 0.0370. The molecule has 0 fully saturated rings. The van der Waals surface area contributed by atoms with Crippen LogP contribution in [0, 0.1) is 0 Å². The van der Waals surface area contributed by atoms with Gasteiger partial charge in [-0.25, -0.2) is 0 Å². The van der Waals surface area contributed by atoms with Gasteiger partial charge in [0, 0.05) is 39.3 Å². The Morgan fingerprint density at radius 1 is 0.393 bits per heavy atom. The summed E-state index contributed by atoms with van der Waals surface area (Å²) in [5.74, 6) is 0.321. The Morgan fingerprint density at radius 3 is 1.82 bits per heavy atom. The van der Waals surface area contributed by atoms with Gasteiger partial charge in [-0.1, -0.05) is 182 Å². The van der Waals surface area contributed by atoms with Gasteiger partial charge in [-0.05, 0) is 80.2 Å². The molecule has 0 saturated carbocycles. The van der Waals surface area contributed by atoms with Gasteiger partial charge in [-0.15, -0.1) is 0 Å². The van der Waals surface area contributed by atoms with Crippen LogP contribution in [0.15, 0.2) is 218 Å². The van der Waals surface area contributed by atoms with Gasteiger partial charge in [-0.2, -0.15) is 0 Å². The first-order chi connectivity index (χ1) is 27.8. The van der Waals surface area contributed by atoms with E-state index >= 15 is 0 Å². The summed E-state index contributed by atoms with van der Waals surface area (Å²) in [5.41, 5.74) is 12.1. The standard InChI is InChI=1S/C54H38N2/c1-2-16-37(17-3-1)38-30-32-40(33-31-38)55(54-36-39-18-4-5-19-41(39)42-20-6-9-24-47(42)54)53-35-34-44(43-21-7-8-22-45(43)53)46-23-10-13-27-50(46)56-51-28-14-11-25-48(51)49-26-12-15-29-52(49)56/h1-36,48,51H. The van der Waals surface area contributed by atoms with Crippen molar-refractivity contribution in [3.05, 3.63) is 224 Å². The van der Waals surface area contributed by atoms with Gasteiger partial charge in [0.15, 0.2) is 0 Å². The summed E-state index contributed by atoms with van der Waals surface area (Å²) in [6.07, 6.45) is 9.11. The van der Waals surface area contributed by atoms with E-state index in [1.54, 1.807) is 0 Å². The Labute approximate surface area is 327 Å². The van der Waals surface area contributed by atoms with Crippen molar-refractivity contribution >= 4 is 60.8 Å². The van der Waals surface area contributed by atoms with Gasteiger partial charge < -0.3 is 9.80 Å². The third kappa shape index (κ3) is 5.18. The number of benzene rings is 9. The molecule has 0 bridgehead atoms. The maximum Gasteiger partial charge on any atom is 0.0629 e. The lowest BCUT2D eigenvalue weighted by molar-refractivity contribution is 0.745. The minimum Gasteiger partial charge on any atom is -0.333 e. The van der Waals surface area contributed by atoms with Crippen LogP contribution in [-0.2, 0) is 0 Å². The predicted octanol–water partition coefficient (Wildman–Crippen LogP) is 14.7. The number of fused-ring (bicyclic) bond motifs is 7. The second-order valence-electron chi connectivity index (χ2n) is 14.8. The smallest absolute Gasteiger partial charge is 0.0629 e. The zero-order valence-electron chi connectivity index (χ0n) is 30.8. The Balaban J connectivity index is 1.13. The maximum atomic E-state index is 2.56. The minimum absolute atomic E-state index is 0.222. The fourth-order valence-corrected chi connectivity index (χ4v) is 9.25. The van der Waals surface area contributed by atoms with Crippen LogP contribution in [0.25, 0.3) is 54.6 Å². The molecule has 0 saturated heterocycles. The molecule has 11 rings (SSSR count). The average Bonchev–Trinajstić information content (AvgIpc) is 3.61. The maximum absolute atomic E-state index is 2.56. The highest BCUT2D eigenvalue weighted by atomic mass is 15.2. The highest BCUT2D eigenvalue weighted by Gasteiger charge is 2.38. The van der Waals surface area contributed by atoms with Gasteiger partial charge in [0.05, 0.1) is 17.4 Å². The second-order valence-corrected chi connectivity index (χ2v) is 14.8. The first kappa shape index (κ1) is 32.3. The monoisotopic (exact) mass is 714 g/mol. The Bertz CT molecular complexity index is 2990. The lowest BCUT2D eigenvalue weighted by Crippen LogP contribution is -2.28. The van der Waals surface area contributed by atoms with E-state index in [9.17, 15) is 0 Å². The van der Waals surface area contributed by atoms with Gasteiger partial charge >= 0.3 is 0 Å². The number of nitrogens with zero attached hydrogens (tertiary/aromatic N) is 2. The first-order valence-electron chi connectivity index (χ1n) is 19.5. The molecule has 1 aliphatic carbocycles. The zero-order chi connectivity index (χ0) is 37.0. The van der Waals surface area contributed by atoms with Crippen molar-refractivity contribution in [3.63, 3.8) is 0 Å². The van der Waals surface area contributed by atoms with Crippen molar-refractivity contribution in [2.45, 2.75) is 12.0 Å². The number of anilines is 5. The van der Waals surface area contributed by atoms with Gasteiger partial charge in [0.2, 0.25) is 0 Å². The van der Waals surface area contributed by atoms with E-state index in [0.717, 1.165) is 17.1 Å². The Morgan fingerprint density at radius 2 is 1.00 bits per heavy atom. The average molecular weight is 715 g/mol. The van der Waals surface area contributed by atoms with E-state index in [1.165, 1.54) is 71.5 Å². The SMILES string of the molecule is C1=CC2c3ccccc3N(c3ccccc3-c3ccc(N(c4ccc(-c5ccccc5)cc4)c4cc5ccccc5c5ccccc45)c4ccccc34)C2C=C1. The molecule has 1 heterocycles. The molecule has 2 nitrogen and oxygen atoms in total. The van der Waals surface area contributed by atoms with E-state index < -0.39 is 0 Å². The lowest BCUT2D eigenvalue weighted by Gasteiger charge is -2.31. The summed E-state index contributed by atoms with van der Waals surface area (Å²) in [6.45, 7) is 0. The van der Waals surface area contributed by atoms with Gasteiger partial charge in [0.1, 0.15) is 0 Å². The topological polar surface area (TPSA) is 6.48 Å². The number of para-hydroxylation sites is 2. The molecule has 56 heavy (non-hydrogen) atoms. The van der Waals surface area contributed by atoms with E-state index in [4.69, 9.17) is 0 Å². The summed E-state index contributed by atoms with van der Waals surface area (Å²) in [4.78, 5) is 5.03. The van der Waals surface area contributed by atoms with Crippen molar-refractivity contribution in [3.8, 4) is 22.3 Å². The fourth-order valence-electron chi connectivity index (χ4n) is 9.25. The van der Waals surface area contributed by atoms with Gasteiger partial charge in [0.25, 0.3) is 0 Å². The van der Waals surface area contributed by atoms with Crippen LogP contribution >= 0.6 is 0 Å². The molecule has 2 heteroatoms. The van der Waals surface area contributed by atoms with Crippen molar-refractivity contribution in [2.75, 3.05) is 9.80 Å². The summed E-state index contributed by atoms with van der Waals surface area (Å²) in [7, 11) is 0. The molecule has 9 aromatic carbocycles. The molecule has 2 aliphatic rings. The van der Waals surface area contributed by atoms with Crippen molar-refractivity contribution in [1.29, 1.82) is 0 Å². The molecule has 1 aliphatic heterocycles. The third-order valence-electron chi connectivity index (χ3n) is 11.8. The van der Waals surface area contributed by atoms with E-state index in [2.05, 4.69) is 228 Å². The summed E-state index contributed by atoms with van der Waals surface area (Å²) < 4.78 is 0. The molecule has 2 atom stereocenters. The molecule has 0 aromatic heterocycles. The highest BCUT2D eigenvalue weighted by molar-refractivity contribution is 6.16. The van der Waals surface area contributed by atoms with Gasteiger partial charge in [-0.3, -0.25) is 0 Å². The molecule has 0 radical (unpaired) electrons. The number of hydrogen-bond acceptors (Lipinski definition) is 2. The molecular formula is C54H38N2. The van der Waals surface area contributed by atoms with Crippen LogP contribution in [0.3, 0.4) is 0 Å². The largest absolute Gasteiger partial charge is 0.333 e. The van der Waals surface area contributed by atoms with Crippen LogP contribution in [-0.4, -0.2) is 6.04 Å². The van der Waals surface area contributed by atoms with Crippen molar-refractivity contribution in [2.24, 2.45) is 0 Å². The molecule has 0 N–H and O–H groups in total. The number of rotatable bonds is 6. The third-order valence-corrected chi connectivity index (χ3v) is 11.8. The van der Waals surface area contributed by atoms with E-state index in [0.29, 0.717) is 5.92 Å². The Hall–Kier alpha value is -7.16. The van der Waals surface area contributed by atoms with Crippen LogP contribution < -0.4 is 9.80 Å². The van der Waals surface area contributed by atoms with Crippen LogP contribution in [0.5, 0.6) is 0 Å². The normalized spacial score (nSPS) is 15.7. The molecular weight excluding hydrogens is 677 g/mol. The Kier molecular flexibility index (Phi) is 7.67. The molecule has 0 spiro atoms. The molecule has 0 amide bonds. The highest BCUT2D eigenvalue weighted by Crippen LogP contribution is 2.51. The molecule has 9 aromatic rings. The predicted molar refractivity (Wildman–Crippen MR) is 238 cm³/mol. The lowest BCUT2D eigenvalue weighted by atomic mass is 9.91. The molecule has 264 valence electrons. The zero-order valence-corrected chi connectivity index (χ0v) is 30.8. The van der Waals surface area contributed by atoms with Crippen LogP contribution in [0.1, 0.15) is 11.5 Å². The summed E-state index contributed by atoms with van der Waals surface area (Å²) in [5, 5.41) is 7.36.